The molecule has 94 valence electrons. The van der Waals surface area contributed by atoms with Gasteiger partial charge in [0, 0.05) is 16.1 Å². The van der Waals surface area contributed by atoms with E-state index < -0.39 is 0 Å². The Morgan fingerprint density at radius 1 is 0.789 bits per heavy atom. The lowest BCUT2D eigenvalue weighted by Gasteiger charge is -2.01. The number of hydrogen-bond acceptors (Lipinski definition) is 2. The van der Waals surface area contributed by atoms with Gasteiger partial charge in [0.1, 0.15) is 5.69 Å². The predicted octanol–water partition coefficient (Wildman–Crippen LogP) is 5.32. The zero-order valence-corrected chi connectivity index (χ0v) is 11.3. The molecule has 4 heteroatoms. The van der Waals surface area contributed by atoms with E-state index >= 15 is 0 Å². The molecule has 0 aliphatic carbocycles. The van der Waals surface area contributed by atoms with Gasteiger partial charge in [0.25, 0.3) is 5.35 Å². The highest BCUT2D eigenvalue weighted by molar-refractivity contribution is 6.30. The molecule has 1 heterocycles. The van der Waals surface area contributed by atoms with Gasteiger partial charge in [0.2, 0.25) is 0 Å². The van der Waals surface area contributed by atoms with Crippen molar-refractivity contribution in [1.29, 1.82) is 0 Å². The van der Waals surface area contributed by atoms with E-state index in [1.165, 1.54) is 0 Å². The van der Waals surface area contributed by atoms with Crippen molar-refractivity contribution in [3.8, 4) is 22.6 Å². The number of rotatable bonds is 2. The summed E-state index contributed by atoms with van der Waals surface area (Å²) in [4.78, 5) is 4.24. The van der Waals surface area contributed by atoms with Gasteiger partial charge in [-0.2, -0.15) is 4.98 Å². The van der Waals surface area contributed by atoms with E-state index in [-0.39, 0.29) is 5.35 Å². The van der Waals surface area contributed by atoms with E-state index in [0.717, 1.165) is 11.1 Å². The summed E-state index contributed by atoms with van der Waals surface area (Å²) in [7, 11) is 0. The number of oxazole rings is 1. The Balaban J connectivity index is 2.15. The Labute approximate surface area is 120 Å². The maximum atomic E-state index is 5.89. The first-order valence-corrected chi connectivity index (χ1v) is 6.47. The predicted molar refractivity (Wildman–Crippen MR) is 77.4 cm³/mol. The molecular formula is C15H9Cl2NO. The first kappa shape index (κ1) is 12.3. The van der Waals surface area contributed by atoms with Gasteiger partial charge in [0.15, 0.2) is 5.76 Å². The third-order valence-electron chi connectivity index (χ3n) is 2.75. The molecule has 0 aliphatic rings. The van der Waals surface area contributed by atoms with Crippen molar-refractivity contribution in [2.75, 3.05) is 0 Å². The Bertz CT molecular complexity index is 690. The highest BCUT2D eigenvalue weighted by Crippen LogP contribution is 2.34. The smallest absolute Gasteiger partial charge is 0.293 e. The second-order valence-corrected chi connectivity index (χ2v) is 4.78. The molecule has 0 aliphatic heterocycles. The fraction of sp³-hybridized carbons (Fsp3) is 0. The van der Waals surface area contributed by atoms with Crippen LogP contribution >= 0.6 is 23.2 Å². The van der Waals surface area contributed by atoms with E-state index in [0.29, 0.717) is 16.5 Å². The summed E-state index contributed by atoms with van der Waals surface area (Å²) in [6.07, 6.45) is 0. The van der Waals surface area contributed by atoms with Crippen LogP contribution < -0.4 is 0 Å². The summed E-state index contributed by atoms with van der Waals surface area (Å²) in [5.41, 5.74) is 2.57. The Morgan fingerprint density at radius 3 is 2.16 bits per heavy atom. The molecular weight excluding hydrogens is 281 g/mol. The second-order valence-electron chi connectivity index (χ2n) is 4.02. The minimum Gasteiger partial charge on any atom is -0.427 e. The normalized spacial score (nSPS) is 10.6. The molecule has 0 spiro atoms. The van der Waals surface area contributed by atoms with Gasteiger partial charge in [0.05, 0.1) is 0 Å². The summed E-state index contributed by atoms with van der Waals surface area (Å²) >= 11 is 11.8. The van der Waals surface area contributed by atoms with Crippen LogP contribution in [-0.2, 0) is 0 Å². The van der Waals surface area contributed by atoms with E-state index in [2.05, 4.69) is 4.98 Å². The fourth-order valence-electron chi connectivity index (χ4n) is 1.88. The van der Waals surface area contributed by atoms with E-state index in [9.17, 15) is 0 Å². The molecule has 3 aromatic rings. The molecule has 0 saturated heterocycles. The van der Waals surface area contributed by atoms with Crippen LogP contribution in [0.1, 0.15) is 0 Å². The van der Waals surface area contributed by atoms with Gasteiger partial charge < -0.3 is 4.42 Å². The quantitative estimate of drug-likeness (QED) is 0.638. The Kier molecular flexibility index (Phi) is 3.28. The summed E-state index contributed by atoms with van der Waals surface area (Å²) in [5.74, 6) is 0.660. The van der Waals surface area contributed by atoms with Gasteiger partial charge in [-0.05, 0) is 23.7 Å². The van der Waals surface area contributed by atoms with Crippen molar-refractivity contribution in [2.45, 2.75) is 0 Å². The van der Waals surface area contributed by atoms with Crippen molar-refractivity contribution >= 4 is 23.2 Å². The van der Waals surface area contributed by atoms with Crippen LogP contribution in [0, 0.1) is 0 Å². The zero-order valence-electron chi connectivity index (χ0n) is 9.81. The maximum absolute atomic E-state index is 5.89. The van der Waals surface area contributed by atoms with E-state index in [1.807, 2.05) is 54.6 Å². The molecule has 0 unspecified atom stereocenters. The summed E-state index contributed by atoms with van der Waals surface area (Å²) in [6.45, 7) is 0. The van der Waals surface area contributed by atoms with Crippen LogP contribution in [0.3, 0.4) is 0 Å². The first-order chi connectivity index (χ1) is 9.24. The molecule has 19 heavy (non-hydrogen) atoms. The summed E-state index contributed by atoms with van der Waals surface area (Å²) in [5, 5.41) is 0.809. The molecule has 0 bridgehead atoms. The van der Waals surface area contributed by atoms with Gasteiger partial charge in [-0.3, -0.25) is 0 Å². The van der Waals surface area contributed by atoms with Crippen molar-refractivity contribution in [3.63, 3.8) is 0 Å². The van der Waals surface area contributed by atoms with Crippen molar-refractivity contribution in [1.82, 2.24) is 4.98 Å². The average Bonchev–Trinajstić information content (AvgIpc) is 2.83. The molecule has 0 fully saturated rings. The van der Waals surface area contributed by atoms with Crippen LogP contribution in [0.5, 0.6) is 0 Å². The lowest BCUT2D eigenvalue weighted by Crippen LogP contribution is -1.82. The lowest BCUT2D eigenvalue weighted by atomic mass is 10.1. The van der Waals surface area contributed by atoms with Gasteiger partial charge in [-0.25, -0.2) is 0 Å². The highest BCUT2D eigenvalue weighted by Gasteiger charge is 2.15. The highest BCUT2D eigenvalue weighted by atomic mass is 35.5. The Hall–Kier alpha value is -1.77. The number of benzene rings is 2. The zero-order chi connectivity index (χ0) is 13.2. The number of aromatic nitrogens is 1. The Morgan fingerprint density at radius 2 is 1.47 bits per heavy atom. The van der Waals surface area contributed by atoms with Gasteiger partial charge in [-0.1, -0.05) is 54.1 Å². The van der Waals surface area contributed by atoms with Crippen LogP contribution in [0.25, 0.3) is 22.6 Å². The number of hydrogen-bond donors (Lipinski definition) is 0. The summed E-state index contributed by atoms with van der Waals surface area (Å²) in [6, 6.07) is 17.2. The maximum Gasteiger partial charge on any atom is 0.293 e. The van der Waals surface area contributed by atoms with Crippen LogP contribution in [-0.4, -0.2) is 4.98 Å². The SMILES string of the molecule is Clc1ccc(-c2nc(Cl)oc2-c2ccccc2)cc1. The third-order valence-corrected chi connectivity index (χ3v) is 3.17. The monoisotopic (exact) mass is 289 g/mol. The van der Waals surface area contributed by atoms with Crippen molar-refractivity contribution < 1.29 is 4.42 Å². The molecule has 2 aromatic carbocycles. The van der Waals surface area contributed by atoms with Crippen LogP contribution in [0.15, 0.2) is 59.0 Å². The molecule has 0 saturated carbocycles. The molecule has 0 atom stereocenters. The number of nitrogens with zero attached hydrogens (tertiary/aromatic N) is 1. The van der Waals surface area contributed by atoms with E-state index in [1.54, 1.807) is 0 Å². The molecule has 2 nitrogen and oxygen atoms in total. The number of halogens is 2. The molecule has 3 rings (SSSR count). The third kappa shape index (κ3) is 2.50. The fourth-order valence-corrected chi connectivity index (χ4v) is 2.17. The average molecular weight is 290 g/mol. The van der Waals surface area contributed by atoms with E-state index in [4.69, 9.17) is 27.6 Å². The molecule has 0 amide bonds. The molecule has 0 radical (unpaired) electrons. The topological polar surface area (TPSA) is 26.0 Å². The van der Waals surface area contributed by atoms with Crippen LogP contribution in [0.2, 0.25) is 10.4 Å². The standard InChI is InChI=1S/C15H9Cl2NO/c16-12-8-6-10(7-9-12)13-14(19-15(17)18-13)11-4-2-1-3-5-11/h1-9H. The summed E-state index contributed by atoms with van der Waals surface area (Å²) < 4.78 is 5.51. The second kappa shape index (κ2) is 5.08. The van der Waals surface area contributed by atoms with Crippen molar-refractivity contribution in [3.05, 3.63) is 65.0 Å². The molecule has 0 N–H and O–H groups in total. The lowest BCUT2D eigenvalue weighted by molar-refractivity contribution is 0.574. The largest absolute Gasteiger partial charge is 0.427 e. The minimum absolute atomic E-state index is 0.129. The van der Waals surface area contributed by atoms with Gasteiger partial charge >= 0.3 is 0 Å². The first-order valence-electron chi connectivity index (χ1n) is 5.72. The van der Waals surface area contributed by atoms with Crippen LogP contribution in [0.4, 0.5) is 0 Å². The van der Waals surface area contributed by atoms with Crippen molar-refractivity contribution in [2.24, 2.45) is 0 Å². The van der Waals surface area contributed by atoms with Gasteiger partial charge in [-0.15, -0.1) is 0 Å². The molecule has 1 aromatic heterocycles. The minimum atomic E-state index is 0.129.